The maximum Gasteiger partial charge on any atom is 0.0722 e. The second-order valence-electron chi connectivity index (χ2n) is 10.0. The van der Waals surface area contributed by atoms with E-state index in [4.69, 9.17) is 0 Å². The molecule has 0 aliphatic carbocycles. The number of rotatable bonds is 7. The van der Waals surface area contributed by atoms with Gasteiger partial charge in [-0.3, -0.25) is 9.88 Å². The molecule has 4 aromatic carbocycles. The van der Waals surface area contributed by atoms with Gasteiger partial charge in [-0.25, -0.2) is 0 Å². The summed E-state index contributed by atoms with van der Waals surface area (Å²) in [4.78, 5) is 10.0. The van der Waals surface area contributed by atoms with Gasteiger partial charge in [0, 0.05) is 49.0 Å². The molecule has 3 nitrogen and oxygen atoms in total. The summed E-state index contributed by atoms with van der Waals surface area (Å²) in [5.74, 6) is 0. The average Bonchev–Trinajstić information content (AvgIpc) is 2.96. The Hall–Kier alpha value is -3.95. The molecule has 1 fully saturated rings. The van der Waals surface area contributed by atoms with Gasteiger partial charge in [0.2, 0.25) is 0 Å². The van der Waals surface area contributed by atoms with Crippen LogP contribution in [0.5, 0.6) is 0 Å². The van der Waals surface area contributed by atoms with Crippen LogP contribution in [0.4, 0.5) is 5.69 Å². The van der Waals surface area contributed by atoms with Crippen molar-refractivity contribution in [2.24, 2.45) is 0 Å². The minimum absolute atomic E-state index is 0.334. The summed E-state index contributed by atoms with van der Waals surface area (Å²) in [6.07, 6.45) is 3.92. The van der Waals surface area contributed by atoms with Gasteiger partial charge in [0.1, 0.15) is 0 Å². The Bertz CT molecular complexity index is 1420. The van der Waals surface area contributed by atoms with Gasteiger partial charge >= 0.3 is 0 Å². The van der Waals surface area contributed by atoms with E-state index in [-0.39, 0.29) is 0 Å². The summed E-state index contributed by atoms with van der Waals surface area (Å²) < 4.78 is 0. The molecular weight excluding hydrogens is 450 g/mol. The van der Waals surface area contributed by atoms with E-state index in [0.29, 0.717) is 12.1 Å². The zero-order valence-electron chi connectivity index (χ0n) is 21.2. The quantitative estimate of drug-likeness (QED) is 0.254. The number of anilines is 1. The lowest BCUT2D eigenvalue weighted by atomic mass is 9.88. The summed E-state index contributed by atoms with van der Waals surface area (Å²) in [5.41, 5.74) is 6.48. The second kappa shape index (κ2) is 11.0. The van der Waals surface area contributed by atoms with Gasteiger partial charge in [-0.15, -0.1) is 0 Å². The Morgan fingerprint density at radius 2 is 1.22 bits per heavy atom. The van der Waals surface area contributed by atoms with Crippen LogP contribution in [-0.2, 0) is 19.4 Å². The molecule has 2 heterocycles. The molecule has 37 heavy (non-hydrogen) atoms. The fraction of sp³-hybridized carbons (Fsp3) is 0.206. The first-order valence-electron chi connectivity index (χ1n) is 13.3. The number of fused-ring (bicyclic) bond motifs is 1. The van der Waals surface area contributed by atoms with Crippen LogP contribution in [0.1, 0.15) is 16.7 Å². The summed E-state index contributed by atoms with van der Waals surface area (Å²) in [6.45, 7) is 2.99. The number of nitrogens with zero attached hydrogens (tertiary/aromatic N) is 3. The highest BCUT2D eigenvalue weighted by Gasteiger charge is 2.37. The number of aromatic nitrogens is 1. The van der Waals surface area contributed by atoms with Crippen molar-refractivity contribution in [3.05, 3.63) is 144 Å². The van der Waals surface area contributed by atoms with E-state index in [2.05, 4.69) is 130 Å². The van der Waals surface area contributed by atoms with E-state index in [9.17, 15) is 0 Å². The van der Waals surface area contributed by atoms with Crippen LogP contribution in [0, 0.1) is 0 Å². The van der Waals surface area contributed by atoms with Crippen molar-refractivity contribution in [2.45, 2.75) is 31.5 Å². The van der Waals surface area contributed by atoms with Gasteiger partial charge in [0.25, 0.3) is 0 Å². The molecule has 1 aromatic heterocycles. The summed E-state index contributed by atoms with van der Waals surface area (Å²) in [7, 11) is 0. The Morgan fingerprint density at radius 1 is 0.595 bits per heavy atom. The monoisotopic (exact) mass is 483 g/mol. The predicted molar refractivity (Wildman–Crippen MR) is 154 cm³/mol. The lowest BCUT2D eigenvalue weighted by Gasteiger charge is -2.49. The first-order valence-corrected chi connectivity index (χ1v) is 13.3. The molecule has 184 valence electrons. The number of hydrogen-bond donors (Lipinski definition) is 0. The Labute approximate surface area is 220 Å². The summed E-state index contributed by atoms with van der Waals surface area (Å²) >= 11 is 0. The molecule has 5 aromatic rings. The van der Waals surface area contributed by atoms with Crippen molar-refractivity contribution in [3.8, 4) is 0 Å². The van der Waals surface area contributed by atoms with Crippen molar-refractivity contribution in [2.75, 3.05) is 18.0 Å². The van der Waals surface area contributed by atoms with Crippen LogP contribution >= 0.6 is 0 Å². The first-order chi connectivity index (χ1) is 18.3. The van der Waals surface area contributed by atoms with E-state index in [1.165, 1.54) is 27.8 Å². The van der Waals surface area contributed by atoms with Gasteiger partial charge < -0.3 is 4.90 Å². The van der Waals surface area contributed by atoms with Crippen molar-refractivity contribution < 1.29 is 0 Å². The number of pyridine rings is 1. The fourth-order valence-corrected chi connectivity index (χ4v) is 5.81. The van der Waals surface area contributed by atoms with Gasteiger partial charge in [0.15, 0.2) is 0 Å². The maximum absolute atomic E-state index is 4.67. The molecule has 0 bridgehead atoms. The molecular formula is C34H33N3. The highest BCUT2D eigenvalue weighted by atomic mass is 15.3. The van der Waals surface area contributed by atoms with E-state index in [1.54, 1.807) is 0 Å². The van der Waals surface area contributed by atoms with Crippen molar-refractivity contribution in [1.82, 2.24) is 9.88 Å². The van der Waals surface area contributed by atoms with Crippen LogP contribution in [0.3, 0.4) is 0 Å². The number of benzene rings is 4. The van der Waals surface area contributed by atoms with Gasteiger partial charge in [0.05, 0.1) is 5.52 Å². The third-order valence-electron chi connectivity index (χ3n) is 7.67. The third-order valence-corrected chi connectivity index (χ3v) is 7.67. The van der Waals surface area contributed by atoms with Crippen LogP contribution in [0.2, 0.25) is 0 Å². The van der Waals surface area contributed by atoms with E-state index < -0.39 is 0 Å². The predicted octanol–water partition coefficient (Wildman–Crippen LogP) is 6.78. The highest BCUT2D eigenvalue weighted by molar-refractivity contribution is 5.82. The van der Waals surface area contributed by atoms with E-state index in [1.807, 2.05) is 12.3 Å². The summed E-state index contributed by atoms with van der Waals surface area (Å²) in [6, 6.07) is 44.6. The SMILES string of the molecule is c1ccc(CC2C(Cc3ccccc3)N(c3ccc4cccnc4c3)CCN2Cc2ccccc2)cc1. The summed E-state index contributed by atoms with van der Waals surface area (Å²) in [5, 5.41) is 1.19. The molecule has 2 unspecified atom stereocenters. The van der Waals surface area contributed by atoms with Crippen molar-refractivity contribution >= 4 is 16.6 Å². The molecule has 0 N–H and O–H groups in total. The maximum atomic E-state index is 4.67. The van der Waals surface area contributed by atoms with Crippen LogP contribution in [-0.4, -0.2) is 35.1 Å². The Balaban J connectivity index is 1.40. The molecule has 0 radical (unpaired) electrons. The lowest BCUT2D eigenvalue weighted by molar-refractivity contribution is 0.130. The zero-order valence-corrected chi connectivity index (χ0v) is 21.2. The minimum atomic E-state index is 0.334. The van der Waals surface area contributed by atoms with Gasteiger partial charge in [-0.2, -0.15) is 0 Å². The van der Waals surface area contributed by atoms with E-state index >= 15 is 0 Å². The van der Waals surface area contributed by atoms with E-state index in [0.717, 1.165) is 38.0 Å². The standard InChI is InChI=1S/C34H33N3/c1-4-11-27(12-5-1)23-33-34(24-28-13-6-2-7-14-28)37(22-21-36(33)26-29-15-8-3-9-16-29)31-19-18-30-17-10-20-35-32(30)25-31/h1-20,25,33-34H,21-24,26H2. The topological polar surface area (TPSA) is 19.4 Å². The van der Waals surface area contributed by atoms with Crippen LogP contribution in [0.25, 0.3) is 10.9 Å². The zero-order chi connectivity index (χ0) is 24.9. The molecule has 3 heteroatoms. The molecule has 1 saturated heterocycles. The van der Waals surface area contributed by atoms with Crippen molar-refractivity contribution in [1.29, 1.82) is 0 Å². The Morgan fingerprint density at radius 3 is 1.89 bits per heavy atom. The fourth-order valence-electron chi connectivity index (χ4n) is 5.81. The molecule has 0 spiro atoms. The van der Waals surface area contributed by atoms with Crippen LogP contribution in [0.15, 0.2) is 128 Å². The molecule has 0 saturated carbocycles. The highest BCUT2D eigenvalue weighted by Crippen LogP contribution is 2.31. The van der Waals surface area contributed by atoms with Gasteiger partial charge in [-0.05, 0) is 47.7 Å². The first kappa shape index (κ1) is 23.4. The molecule has 6 rings (SSSR count). The van der Waals surface area contributed by atoms with Crippen LogP contribution < -0.4 is 4.90 Å². The number of hydrogen-bond acceptors (Lipinski definition) is 3. The van der Waals surface area contributed by atoms with Crippen molar-refractivity contribution in [3.63, 3.8) is 0 Å². The minimum Gasteiger partial charge on any atom is -0.365 e. The lowest BCUT2D eigenvalue weighted by Crippen LogP contribution is -2.61. The molecule has 1 aliphatic heterocycles. The molecule has 0 amide bonds. The second-order valence-corrected chi connectivity index (χ2v) is 10.0. The largest absolute Gasteiger partial charge is 0.365 e. The van der Waals surface area contributed by atoms with Gasteiger partial charge in [-0.1, -0.05) is 103 Å². The number of piperazine rings is 1. The smallest absolute Gasteiger partial charge is 0.0722 e. The third kappa shape index (κ3) is 5.42. The molecule has 2 atom stereocenters. The average molecular weight is 484 g/mol. The normalized spacial score (nSPS) is 18.2. The molecule has 1 aliphatic rings. The Kier molecular flexibility index (Phi) is 6.96.